The summed E-state index contributed by atoms with van der Waals surface area (Å²) in [5.74, 6) is -0.979. The Balaban J connectivity index is 2.12. The summed E-state index contributed by atoms with van der Waals surface area (Å²) in [6.45, 7) is -0.00873. The molecule has 5 N–H and O–H groups in total. The Labute approximate surface area is 195 Å². The molecule has 0 spiro atoms. The predicted octanol–water partition coefficient (Wildman–Crippen LogP) is 1.13. The lowest BCUT2D eigenvalue weighted by atomic mass is 10.1. The van der Waals surface area contributed by atoms with E-state index in [1.807, 2.05) is 36.4 Å². The van der Waals surface area contributed by atoms with Gasteiger partial charge < -0.3 is 26.2 Å². The molecule has 1 amide bonds. The summed E-state index contributed by atoms with van der Waals surface area (Å²) in [6.07, 6.45) is 1.53. The molecule has 1 aromatic heterocycles. The van der Waals surface area contributed by atoms with Crippen LogP contribution in [0.4, 0.5) is 5.69 Å². The summed E-state index contributed by atoms with van der Waals surface area (Å²) in [4.78, 5) is 28.2. The smallest absolute Gasteiger partial charge is 0.326 e. The minimum Gasteiger partial charge on any atom is -0.480 e. The van der Waals surface area contributed by atoms with E-state index in [0.717, 1.165) is 5.56 Å². The average Bonchev–Trinajstić information content (AvgIpc) is 2.79. The number of pyridine rings is 1. The number of carboxylic acids is 1. The van der Waals surface area contributed by atoms with Crippen LogP contribution in [-0.4, -0.2) is 69.2 Å². The van der Waals surface area contributed by atoms with Crippen LogP contribution in [0, 0.1) is 0 Å². The van der Waals surface area contributed by atoms with Gasteiger partial charge in [0.05, 0.1) is 11.4 Å². The number of thiol groups is 1. The van der Waals surface area contributed by atoms with Gasteiger partial charge in [0, 0.05) is 46.7 Å². The van der Waals surface area contributed by atoms with Gasteiger partial charge in [-0.3, -0.25) is 9.00 Å². The quantitative estimate of drug-likeness (QED) is 0.269. The molecule has 0 saturated heterocycles. The van der Waals surface area contributed by atoms with E-state index in [4.69, 9.17) is 10.5 Å². The molecule has 9 nitrogen and oxygen atoms in total. The van der Waals surface area contributed by atoms with E-state index in [9.17, 15) is 18.9 Å². The van der Waals surface area contributed by atoms with Crippen molar-refractivity contribution >= 4 is 41.0 Å². The third-order valence-corrected chi connectivity index (χ3v) is 5.67. The first-order valence-corrected chi connectivity index (χ1v) is 12.3. The van der Waals surface area contributed by atoms with Crippen LogP contribution in [0.25, 0.3) is 11.3 Å². The highest BCUT2D eigenvalue weighted by atomic mass is 32.2. The van der Waals surface area contributed by atoms with Crippen molar-refractivity contribution in [2.75, 3.05) is 36.2 Å². The van der Waals surface area contributed by atoms with Crippen molar-refractivity contribution in [2.45, 2.75) is 18.5 Å². The lowest BCUT2D eigenvalue weighted by Crippen LogP contribution is -2.43. The van der Waals surface area contributed by atoms with Crippen molar-refractivity contribution in [3.05, 3.63) is 42.5 Å². The van der Waals surface area contributed by atoms with Crippen LogP contribution >= 0.6 is 12.6 Å². The van der Waals surface area contributed by atoms with Crippen molar-refractivity contribution < 1.29 is 23.6 Å². The largest absolute Gasteiger partial charge is 0.480 e. The Kier molecular flexibility index (Phi) is 10.4. The molecule has 2 aromatic rings. The monoisotopic (exact) mass is 480 g/mol. The van der Waals surface area contributed by atoms with Gasteiger partial charge in [-0.15, -0.1) is 0 Å². The Morgan fingerprint density at radius 2 is 1.97 bits per heavy atom. The zero-order valence-electron chi connectivity index (χ0n) is 17.7. The number of hydrogen-bond donors (Lipinski definition) is 5. The first-order chi connectivity index (χ1) is 15.3. The minimum absolute atomic E-state index is 0.0559. The van der Waals surface area contributed by atoms with Gasteiger partial charge in [0.15, 0.2) is 6.61 Å². The number of rotatable bonds is 13. The van der Waals surface area contributed by atoms with Crippen LogP contribution in [0.15, 0.2) is 42.5 Å². The molecule has 0 radical (unpaired) electrons. The van der Waals surface area contributed by atoms with Crippen molar-refractivity contribution in [3.63, 3.8) is 0 Å². The van der Waals surface area contributed by atoms with E-state index >= 15 is 0 Å². The van der Waals surface area contributed by atoms with E-state index in [1.165, 1.54) is 6.26 Å². The molecule has 0 bridgehead atoms. The Bertz CT molecular complexity index is 930. The van der Waals surface area contributed by atoms with E-state index in [2.05, 4.69) is 28.2 Å². The molecule has 3 atom stereocenters. The van der Waals surface area contributed by atoms with Gasteiger partial charge >= 0.3 is 5.97 Å². The molecular weight excluding hydrogens is 452 g/mol. The molecule has 2 unspecified atom stereocenters. The number of nitrogens with one attached hydrogen (secondary N) is 2. The summed E-state index contributed by atoms with van der Waals surface area (Å²) in [6, 6.07) is 11.7. The van der Waals surface area contributed by atoms with E-state index in [1.54, 1.807) is 6.07 Å². The van der Waals surface area contributed by atoms with Crippen LogP contribution in [-0.2, 0) is 20.4 Å². The summed E-state index contributed by atoms with van der Waals surface area (Å²) in [5, 5.41) is 14.8. The summed E-state index contributed by atoms with van der Waals surface area (Å²) >= 11 is 4.17. The molecule has 174 valence electrons. The first kappa shape index (κ1) is 25.6. The molecule has 0 fully saturated rings. The van der Waals surface area contributed by atoms with Gasteiger partial charge in [-0.05, 0) is 18.6 Å². The van der Waals surface area contributed by atoms with Gasteiger partial charge in [0.1, 0.15) is 6.04 Å². The number of carboxylic acid groups (broad SMARTS) is 1. The van der Waals surface area contributed by atoms with Crippen LogP contribution < -0.4 is 21.1 Å². The maximum atomic E-state index is 12.3. The van der Waals surface area contributed by atoms with Crippen molar-refractivity contribution in [3.8, 4) is 17.1 Å². The molecule has 0 aliphatic heterocycles. The van der Waals surface area contributed by atoms with Gasteiger partial charge in [0.2, 0.25) is 5.88 Å². The summed E-state index contributed by atoms with van der Waals surface area (Å²) in [5.41, 5.74) is 7.98. The molecule has 1 aromatic carbocycles. The van der Waals surface area contributed by atoms with Crippen molar-refractivity contribution in [2.24, 2.45) is 5.73 Å². The average molecular weight is 481 g/mol. The Morgan fingerprint density at radius 1 is 1.25 bits per heavy atom. The Hall–Kier alpha value is -2.63. The third kappa shape index (κ3) is 8.48. The normalized spacial score (nSPS) is 13.6. The number of aromatic nitrogens is 1. The lowest BCUT2D eigenvalue weighted by molar-refractivity contribution is -0.142. The second-order valence-corrected chi connectivity index (χ2v) is 8.97. The maximum absolute atomic E-state index is 12.3. The fourth-order valence-electron chi connectivity index (χ4n) is 2.67. The number of amides is 1. The van der Waals surface area contributed by atoms with Crippen LogP contribution in [0.3, 0.4) is 0 Å². The Morgan fingerprint density at radius 3 is 2.59 bits per heavy atom. The molecule has 0 saturated carbocycles. The molecule has 32 heavy (non-hydrogen) atoms. The standard InChI is InChI=1S/C21H28N4O5S2/c1-32(29)10-9-18(21(27)28)24-19(26)12-30-20-17(23-11-15(22)13-31)8-7-16(25-20)14-5-3-2-4-6-14/h2-8,15,18,23,31H,9-13,22H2,1H3,(H,24,26)(H,27,28)/t15?,18-,32?/m0/s1. The zero-order chi connectivity index (χ0) is 23.5. The number of aliphatic carboxylic acids is 1. The predicted molar refractivity (Wildman–Crippen MR) is 129 cm³/mol. The van der Waals surface area contributed by atoms with Gasteiger partial charge in [-0.1, -0.05) is 30.3 Å². The second kappa shape index (κ2) is 13.0. The highest BCUT2D eigenvalue weighted by Gasteiger charge is 2.21. The minimum atomic E-state index is -1.20. The van der Waals surface area contributed by atoms with Gasteiger partial charge in [-0.25, -0.2) is 9.78 Å². The van der Waals surface area contributed by atoms with E-state index < -0.39 is 35.3 Å². The first-order valence-electron chi connectivity index (χ1n) is 9.92. The zero-order valence-corrected chi connectivity index (χ0v) is 19.4. The number of ether oxygens (including phenoxy) is 1. The topological polar surface area (TPSA) is 144 Å². The number of nitrogens with two attached hydrogens (primary N) is 1. The summed E-state index contributed by atoms with van der Waals surface area (Å²) in [7, 11) is -1.16. The molecule has 1 heterocycles. The molecule has 0 aliphatic carbocycles. The highest BCUT2D eigenvalue weighted by molar-refractivity contribution is 7.84. The van der Waals surface area contributed by atoms with Gasteiger partial charge in [0.25, 0.3) is 5.91 Å². The number of carbonyl (C=O) groups excluding carboxylic acids is 1. The lowest BCUT2D eigenvalue weighted by Gasteiger charge is -2.17. The number of anilines is 1. The van der Waals surface area contributed by atoms with Crippen molar-refractivity contribution in [1.82, 2.24) is 10.3 Å². The number of benzene rings is 1. The van der Waals surface area contributed by atoms with E-state index in [-0.39, 0.29) is 24.1 Å². The molecule has 11 heteroatoms. The number of carbonyl (C=O) groups is 2. The fourth-order valence-corrected chi connectivity index (χ4v) is 3.37. The van der Waals surface area contributed by atoms with Crippen LogP contribution in [0.1, 0.15) is 6.42 Å². The molecular formula is C21H28N4O5S2. The van der Waals surface area contributed by atoms with Crippen LogP contribution in [0.5, 0.6) is 5.88 Å². The SMILES string of the molecule is CS(=O)CC[C@H](NC(=O)COc1nc(-c2ccccc2)ccc1NCC(N)CS)C(=O)O. The van der Waals surface area contributed by atoms with E-state index in [0.29, 0.717) is 23.7 Å². The second-order valence-electron chi connectivity index (χ2n) is 7.05. The molecule has 0 aliphatic rings. The summed E-state index contributed by atoms with van der Waals surface area (Å²) < 4.78 is 16.9. The fraction of sp³-hybridized carbons (Fsp3) is 0.381. The molecule has 2 rings (SSSR count). The van der Waals surface area contributed by atoms with Crippen LogP contribution in [0.2, 0.25) is 0 Å². The maximum Gasteiger partial charge on any atom is 0.326 e. The van der Waals surface area contributed by atoms with Gasteiger partial charge in [-0.2, -0.15) is 12.6 Å². The third-order valence-electron chi connectivity index (χ3n) is 4.39. The number of hydrogen-bond acceptors (Lipinski definition) is 8. The highest BCUT2D eigenvalue weighted by Crippen LogP contribution is 2.27. The van der Waals surface area contributed by atoms with Crippen molar-refractivity contribution in [1.29, 1.82) is 0 Å². The number of nitrogens with zero attached hydrogens (tertiary/aromatic N) is 1.